The van der Waals surface area contributed by atoms with Crippen molar-refractivity contribution in [2.75, 3.05) is 0 Å². The van der Waals surface area contributed by atoms with E-state index in [4.69, 9.17) is 9.47 Å². The number of aliphatic hydroxyl groups is 3. The fraction of sp³-hybridized carbons (Fsp3) is 0.731. The van der Waals surface area contributed by atoms with E-state index in [2.05, 4.69) is 4.98 Å². The molecular formula is C26H39NO7S. The van der Waals surface area contributed by atoms with Crippen LogP contribution in [0, 0.1) is 17.3 Å². The van der Waals surface area contributed by atoms with E-state index in [1.807, 2.05) is 25.3 Å². The number of carbonyl (C=O) groups excluding carboxylic acids is 2. The van der Waals surface area contributed by atoms with Gasteiger partial charge in [-0.3, -0.25) is 9.59 Å². The molecule has 2 aliphatic rings. The minimum absolute atomic E-state index is 0.0328. The number of aliphatic hydroxyl groups excluding tert-OH is 3. The molecule has 3 heterocycles. The minimum atomic E-state index is -1.25. The van der Waals surface area contributed by atoms with Crippen LogP contribution in [0.5, 0.6) is 0 Å². The second-order valence-corrected chi connectivity index (χ2v) is 11.6. The number of cyclic esters (lactones) is 1. The first-order valence-corrected chi connectivity index (χ1v) is 13.3. The van der Waals surface area contributed by atoms with Crippen molar-refractivity contribution < 1.29 is 34.4 Å². The van der Waals surface area contributed by atoms with Gasteiger partial charge >= 0.3 is 5.97 Å². The molecule has 8 nitrogen and oxygen atoms in total. The molecule has 1 aromatic rings. The number of epoxide rings is 1. The minimum Gasteiger partial charge on any atom is -0.458 e. The summed E-state index contributed by atoms with van der Waals surface area (Å²) < 4.78 is 11.7. The molecule has 3 rings (SSSR count). The Labute approximate surface area is 211 Å². The van der Waals surface area contributed by atoms with Crippen LogP contribution >= 0.6 is 11.3 Å². The predicted octanol–water partition coefficient (Wildman–Crippen LogP) is 3.27. The Balaban J connectivity index is 1.81. The van der Waals surface area contributed by atoms with Crippen molar-refractivity contribution in [2.45, 2.75) is 104 Å². The molecule has 0 aromatic carbocycles. The van der Waals surface area contributed by atoms with Gasteiger partial charge in [0.15, 0.2) is 0 Å². The van der Waals surface area contributed by atoms with Crippen LogP contribution in [0.15, 0.2) is 11.0 Å². The van der Waals surface area contributed by atoms with Crippen LogP contribution in [0.3, 0.4) is 0 Å². The normalized spacial score (nSPS) is 35.3. The van der Waals surface area contributed by atoms with Gasteiger partial charge in [0.1, 0.15) is 16.9 Å². The number of esters is 1. The summed E-state index contributed by atoms with van der Waals surface area (Å²) in [5.41, 5.74) is 0.253. The fourth-order valence-corrected chi connectivity index (χ4v) is 5.41. The highest BCUT2D eigenvalue weighted by molar-refractivity contribution is 7.09. The van der Waals surface area contributed by atoms with Crippen molar-refractivity contribution in [1.29, 1.82) is 0 Å². The average Bonchev–Trinajstić information content (AvgIpc) is 3.38. The number of nitrogens with zero attached hydrogens (tertiary/aromatic N) is 1. The number of hydrogen-bond donors (Lipinski definition) is 3. The number of carbonyl (C=O) groups is 2. The van der Waals surface area contributed by atoms with Gasteiger partial charge < -0.3 is 24.8 Å². The number of ether oxygens (including phenoxy) is 2. The zero-order valence-corrected chi connectivity index (χ0v) is 22.1. The molecule has 196 valence electrons. The Bertz CT molecular complexity index is 927. The molecular weight excluding hydrogens is 470 g/mol. The van der Waals surface area contributed by atoms with E-state index in [9.17, 15) is 24.9 Å². The van der Waals surface area contributed by atoms with Crippen LogP contribution < -0.4 is 0 Å². The van der Waals surface area contributed by atoms with Crippen molar-refractivity contribution in [3.8, 4) is 0 Å². The summed E-state index contributed by atoms with van der Waals surface area (Å²) in [6.07, 6.45) is 1.86. The Morgan fingerprint density at radius 1 is 1.23 bits per heavy atom. The van der Waals surface area contributed by atoms with E-state index >= 15 is 0 Å². The van der Waals surface area contributed by atoms with Crippen molar-refractivity contribution in [1.82, 2.24) is 4.98 Å². The number of ketones is 1. The number of rotatable bonds is 3. The van der Waals surface area contributed by atoms with Crippen LogP contribution in [0.1, 0.15) is 77.4 Å². The lowest BCUT2D eigenvalue weighted by Gasteiger charge is -2.34. The Morgan fingerprint density at radius 3 is 2.60 bits per heavy atom. The van der Waals surface area contributed by atoms with E-state index in [0.717, 1.165) is 24.8 Å². The Kier molecular flexibility index (Phi) is 9.26. The molecule has 1 aromatic heterocycles. The topological polar surface area (TPSA) is 129 Å². The van der Waals surface area contributed by atoms with Crippen LogP contribution in [-0.4, -0.2) is 62.6 Å². The van der Waals surface area contributed by atoms with Gasteiger partial charge in [0.2, 0.25) is 0 Å². The van der Waals surface area contributed by atoms with Gasteiger partial charge in [0, 0.05) is 17.7 Å². The molecule has 0 bridgehead atoms. The molecule has 0 spiro atoms. The lowest BCUT2D eigenvalue weighted by atomic mass is 9.73. The van der Waals surface area contributed by atoms with Gasteiger partial charge in [0.05, 0.1) is 48.6 Å². The maximum absolute atomic E-state index is 13.2. The van der Waals surface area contributed by atoms with Crippen molar-refractivity contribution in [3.63, 3.8) is 0 Å². The first kappa shape index (κ1) is 27.9. The quantitative estimate of drug-likeness (QED) is 0.418. The standard InChI is InChI=1S/C26H39NO7S/c1-14-7-6-8-18-20(33-18)10-19(15(2)9-17-13-35-22(12-28)27-17)34-23(30)11-21(29)26(4,5)25(32)16(3)24(14)31/h9,13-14,16,18-21,24,28-29,31H,6-8,10-12H2,1-5H3/t14-,16+,18+,19-,20+,21-,24-/m1/s1. The van der Waals surface area contributed by atoms with Crippen molar-refractivity contribution in [2.24, 2.45) is 17.3 Å². The number of thiazole rings is 1. The van der Waals surface area contributed by atoms with Crippen molar-refractivity contribution >= 4 is 29.2 Å². The second kappa shape index (κ2) is 11.6. The average molecular weight is 510 g/mol. The third-order valence-electron chi connectivity index (χ3n) is 7.48. The highest BCUT2D eigenvalue weighted by atomic mass is 32.1. The maximum atomic E-state index is 13.2. The van der Waals surface area contributed by atoms with Gasteiger partial charge in [-0.25, -0.2) is 4.98 Å². The Morgan fingerprint density at radius 2 is 1.94 bits per heavy atom. The first-order chi connectivity index (χ1) is 16.4. The lowest BCUT2D eigenvalue weighted by Crippen LogP contribution is -2.45. The fourth-order valence-electron chi connectivity index (χ4n) is 4.80. The molecule has 35 heavy (non-hydrogen) atoms. The smallest absolute Gasteiger partial charge is 0.309 e. The predicted molar refractivity (Wildman–Crippen MR) is 132 cm³/mol. The third kappa shape index (κ3) is 6.98. The number of Topliss-reactive ketones (excluding diaryl/α,β-unsaturated/α-hetero) is 1. The zero-order valence-electron chi connectivity index (χ0n) is 21.3. The molecule has 2 fully saturated rings. The van der Waals surface area contributed by atoms with Crippen LogP contribution in [0.2, 0.25) is 0 Å². The van der Waals surface area contributed by atoms with Gasteiger partial charge in [-0.1, -0.05) is 34.1 Å². The molecule has 9 heteroatoms. The molecule has 2 aliphatic heterocycles. The second-order valence-electron chi connectivity index (χ2n) is 10.6. The molecule has 0 amide bonds. The van der Waals surface area contributed by atoms with E-state index < -0.39 is 35.6 Å². The summed E-state index contributed by atoms with van der Waals surface area (Å²) in [6, 6.07) is 0. The molecule has 0 radical (unpaired) electrons. The zero-order chi connectivity index (χ0) is 25.9. The number of aromatic nitrogens is 1. The monoisotopic (exact) mass is 509 g/mol. The summed E-state index contributed by atoms with van der Waals surface area (Å²) in [5, 5.41) is 33.3. The van der Waals surface area contributed by atoms with Gasteiger partial charge in [-0.05, 0) is 37.3 Å². The molecule has 7 atom stereocenters. The van der Waals surface area contributed by atoms with Crippen LogP contribution in [0.4, 0.5) is 0 Å². The van der Waals surface area contributed by atoms with Gasteiger partial charge in [-0.2, -0.15) is 0 Å². The molecule has 0 unspecified atom stereocenters. The Hall–Kier alpha value is -1.65. The van der Waals surface area contributed by atoms with Gasteiger partial charge in [-0.15, -0.1) is 11.3 Å². The van der Waals surface area contributed by atoms with Gasteiger partial charge in [0.25, 0.3) is 0 Å². The lowest BCUT2D eigenvalue weighted by molar-refractivity contribution is -0.154. The summed E-state index contributed by atoms with van der Waals surface area (Å²) in [5.74, 6) is -1.61. The summed E-state index contributed by atoms with van der Waals surface area (Å²) in [4.78, 5) is 30.4. The highest BCUT2D eigenvalue weighted by Crippen LogP contribution is 2.36. The highest BCUT2D eigenvalue weighted by Gasteiger charge is 2.44. The van der Waals surface area contributed by atoms with Crippen LogP contribution in [0.25, 0.3) is 6.08 Å². The number of fused-ring (bicyclic) bond motifs is 1. The van der Waals surface area contributed by atoms with E-state index in [-0.39, 0.29) is 36.9 Å². The van der Waals surface area contributed by atoms with E-state index in [1.54, 1.807) is 20.8 Å². The molecule has 0 aliphatic carbocycles. The summed E-state index contributed by atoms with van der Waals surface area (Å²) in [7, 11) is 0. The van der Waals surface area contributed by atoms with Crippen molar-refractivity contribution in [3.05, 3.63) is 21.7 Å². The van der Waals surface area contributed by atoms with E-state index in [0.29, 0.717) is 17.1 Å². The van der Waals surface area contributed by atoms with E-state index in [1.165, 1.54) is 11.3 Å². The first-order valence-electron chi connectivity index (χ1n) is 12.4. The molecule has 0 saturated carbocycles. The largest absolute Gasteiger partial charge is 0.458 e. The SMILES string of the molecule is CC(=Cc1csc(CO)n1)[C@H]1C[C@@H]2O[C@H]2CCC[C@@H](C)[C@@H](O)[C@H](C)C(=O)C(C)(C)[C@H](O)CC(=O)O1. The summed E-state index contributed by atoms with van der Waals surface area (Å²) >= 11 is 1.35. The molecule has 2 saturated heterocycles. The molecule has 3 N–H and O–H groups in total. The van der Waals surface area contributed by atoms with Crippen LogP contribution in [-0.2, 0) is 25.7 Å². The third-order valence-corrected chi connectivity index (χ3v) is 8.33. The maximum Gasteiger partial charge on any atom is 0.309 e. The number of hydrogen-bond acceptors (Lipinski definition) is 9. The summed E-state index contributed by atoms with van der Waals surface area (Å²) in [6.45, 7) is 8.57.